The maximum absolute atomic E-state index is 12.9. The van der Waals surface area contributed by atoms with Crippen LogP contribution in [-0.4, -0.2) is 61.0 Å². The molecule has 2 fully saturated rings. The van der Waals surface area contributed by atoms with E-state index in [2.05, 4.69) is 10.2 Å². The van der Waals surface area contributed by atoms with Gasteiger partial charge in [0.2, 0.25) is 5.91 Å². The van der Waals surface area contributed by atoms with Crippen LogP contribution >= 0.6 is 11.6 Å². The first-order valence-corrected chi connectivity index (χ1v) is 11.2. The van der Waals surface area contributed by atoms with Gasteiger partial charge in [0.25, 0.3) is 5.91 Å². The molecule has 7 heteroatoms. The number of rotatable bonds is 7. The maximum atomic E-state index is 12.9. The number of halogens is 1. The van der Waals surface area contributed by atoms with Crippen molar-refractivity contribution in [2.75, 3.05) is 39.4 Å². The summed E-state index contributed by atoms with van der Waals surface area (Å²) in [6.07, 6.45) is 1.53. The fourth-order valence-corrected chi connectivity index (χ4v) is 4.35. The molecule has 6 nitrogen and oxygen atoms in total. The van der Waals surface area contributed by atoms with E-state index in [1.807, 2.05) is 53.4 Å². The van der Waals surface area contributed by atoms with Crippen LogP contribution in [0, 0.1) is 0 Å². The van der Waals surface area contributed by atoms with Gasteiger partial charge in [0.15, 0.2) is 0 Å². The molecule has 164 valence electrons. The largest absolute Gasteiger partial charge is 0.379 e. The van der Waals surface area contributed by atoms with Crippen LogP contribution in [0.1, 0.15) is 40.4 Å². The van der Waals surface area contributed by atoms with Crippen LogP contribution < -0.4 is 5.32 Å². The van der Waals surface area contributed by atoms with Crippen molar-refractivity contribution in [3.8, 4) is 0 Å². The Bertz CT molecular complexity index is 913. The quantitative estimate of drug-likeness (QED) is 0.716. The Hall–Kier alpha value is -2.41. The van der Waals surface area contributed by atoms with Gasteiger partial charge in [0.1, 0.15) is 0 Å². The molecule has 1 atom stereocenters. The number of carbonyl (C=O) groups is 2. The number of morpholine rings is 1. The Morgan fingerprint density at radius 1 is 1.10 bits per heavy atom. The Morgan fingerprint density at radius 3 is 2.58 bits per heavy atom. The molecule has 0 aromatic heterocycles. The van der Waals surface area contributed by atoms with Gasteiger partial charge >= 0.3 is 0 Å². The zero-order chi connectivity index (χ0) is 21.6. The zero-order valence-corrected chi connectivity index (χ0v) is 18.3. The molecular formula is C24H28ClN3O3. The maximum Gasteiger partial charge on any atom is 0.251 e. The Labute approximate surface area is 188 Å². The number of carbonyl (C=O) groups excluding carboxylic acids is 2. The summed E-state index contributed by atoms with van der Waals surface area (Å²) in [4.78, 5) is 29.0. The molecule has 0 bridgehead atoms. The Balaban J connectivity index is 1.43. The fourth-order valence-electron chi connectivity index (χ4n) is 4.23. The summed E-state index contributed by atoms with van der Waals surface area (Å²) in [5.74, 6) is 0.0768. The lowest BCUT2D eigenvalue weighted by Gasteiger charge is -2.35. The van der Waals surface area contributed by atoms with Crippen molar-refractivity contribution in [3.63, 3.8) is 0 Å². The molecular weight excluding hydrogens is 414 g/mol. The molecule has 1 unspecified atom stereocenters. The Morgan fingerprint density at radius 2 is 1.87 bits per heavy atom. The van der Waals surface area contributed by atoms with Crippen LogP contribution in [0.3, 0.4) is 0 Å². The Kier molecular flexibility index (Phi) is 7.22. The highest BCUT2D eigenvalue weighted by molar-refractivity contribution is 6.30. The second-order valence-corrected chi connectivity index (χ2v) is 8.48. The van der Waals surface area contributed by atoms with Gasteiger partial charge in [-0.2, -0.15) is 0 Å². The molecule has 31 heavy (non-hydrogen) atoms. The molecule has 0 saturated carbocycles. The summed E-state index contributed by atoms with van der Waals surface area (Å²) in [6, 6.07) is 15.4. The summed E-state index contributed by atoms with van der Waals surface area (Å²) >= 11 is 6.07. The third-order valence-corrected chi connectivity index (χ3v) is 6.18. The van der Waals surface area contributed by atoms with Crippen LogP contribution in [0.25, 0.3) is 0 Å². The van der Waals surface area contributed by atoms with Crippen molar-refractivity contribution in [1.29, 1.82) is 0 Å². The van der Waals surface area contributed by atoms with Gasteiger partial charge in [-0.3, -0.25) is 14.5 Å². The first-order chi connectivity index (χ1) is 15.1. The molecule has 2 aromatic carbocycles. The molecule has 2 saturated heterocycles. The number of benzene rings is 2. The normalized spacial score (nSPS) is 18.2. The summed E-state index contributed by atoms with van der Waals surface area (Å²) in [7, 11) is 0. The minimum Gasteiger partial charge on any atom is -0.379 e. The number of likely N-dealkylation sites (tertiary alicyclic amines) is 1. The van der Waals surface area contributed by atoms with E-state index in [0.717, 1.165) is 37.2 Å². The highest BCUT2D eigenvalue weighted by Crippen LogP contribution is 2.23. The van der Waals surface area contributed by atoms with E-state index >= 15 is 0 Å². The van der Waals surface area contributed by atoms with Crippen LogP contribution in [0.5, 0.6) is 0 Å². The highest BCUT2D eigenvalue weighted by Gasteiger charge is 2.24. The van der Waals surface area contributed by atoms with Crippen LogP contribution in [-0.2, 0) is 16.1 Å². The summed E-state index contributed by atoms with van der Waals surface area (Å²) in [5, 5.41) is 3.80. The van der Waals surface area contributed by atoms with Crippen LogP contribution in [0.4, 0.5) is 0 Å². The van der Waals surface area contributed by atoms with Gasteiger partial charge in [0, 0.05) is 49.7 Å². The number of nitrogens with zero attached hydrogens (tertiary/aromatic N) is 2. The highest BCUT2D eigenvalue weighted by atomic mass is 35.5. The first-order valence-electron chi connectivity index (χ1n) is 10.8. The molecule has 2 aromatic rings. The second-order valence-electron chi connectivity index (χ2n) is 8.04. The minimum absolute atomic E-state index is 0.0514. The number of hydrogen-bond acceptors (Lipinski definition) is 4. The fraction of sp³-hybridized carbons (Fsp3) is 0.417. The van der Waals surface area contributed by atoms with Crippen LogP contribution in [0.15, 0.2) is 48.5 Å². The number of hydrogen-bond donors (Lipinski definition) is 1. The monoisotopic (exact) mass is 441 g/mol. The third kappa shape index (κ3) is 5.64. The average Bonchev–Trinajstić information content (AvgIpc) is 3.20. The van der Waals surface area contributed by atoms with Gasteiger partial charge in [0.05, 0.1) is 19.3 Å². The van der Waals surface area contributed by atoms with E-state index in [0.29, 0.717) is 43.3 Å². The first kappa shape index (κ1) is 21.8. The molecule has 0 spiro atoms. The van der Waals surface area contributed by atoms with E-state index in [1.54, 1.807) is 0 Å². The van der Waals surface area contributed by atoms with E-state index in [1.165, 1.54) is 0 Å². The van der Waals surface area contributed by atoms with Gasteiger partial charge in [-0.1, -0.05) is 35.9 Å². The lowest BCUT2D eigenvalue weighted by atomic mass is 10.0. The van der Waals surface area contributed by atoms with E-state index < -0.39 is 0 Å². The summed E-state index contributed by atoms with van der Waals surface area (Å²) in [5.41, 5.74) is 2.71. The van der Waals surface area contributed by atoms with Crippen molar-refractivity contribution in [2.24, 2.45) is 0 Å². The standard InChI is InChI=1S/C24H28ClN3O3/c25-21-8-6-19(7-9-21)22(27-11-13-31-14-12-27)16-26-24(30)20-4-1-3-18(15-20)17-28-10-2-5-23(28)29/h1,3-4,6-9,15,22H,2,5,10-14,16-17H2,(H,26,30). The average molecular weight is 442 g/mol. The van der Waals surface area contributed by atoms with Crippen molar-refractivity contribution in [1.82, 2.24) is 15.1 Å². The molecule has 2 amide bonds. The third-order valence-electron chi connectivity index (χ3n) is 5.93. The van der Waals surface area contributed by atoms with E-state index in [9.17, 15) is 9.59 Å². The molecule has 0 aliphatic carbocycles. The minimum atomic E-state index is -0.109. The molecule has 2 aliphatic rings. The second kappa shape index (κ2) is 10.3. The number of ether oxygens (including phenoxy) is 1. The van der Waals surface area contributed by atoms with Crippen molar-refractivity contribution in [3.05, 3.63) is 70.2 Å². The van der Waals surface area contributed by atoms with Gasteiger partial charge in [-0.05, 0) is 41.8 Å². The van der Waals surface area contributed by atoms with Gasteiger partial charge < -0.3 is 15.0 Å². The smallest absolute Gasteiger partial charge is 0.251 e. The molecule has 2 heterocycles. The predicted octanol–water partition coefficient (Wildman–Crippen LogP) is 3.27. The number of nitrogens with one attached hydrogen (secondary N) is 1. The predicted molar refractivity (Wildman–Crippen MR) is 120 cm³/mol. The molecule has 2 aliphatic heterocycles. The zero-order valence-electron chi connectivity index (χ0n) is 17.6. The topological polar surface area (TPSA) is 61.9 Å². The van der Waals surface area contributed by atoms with Crippen molar-refractivity contribution in [2.45, 2.75) is 25.4 Å². The lowest BCUT2D eigenvalue weighted by molar-refractivity contribution is -0.128. The van der Waals surface area contributed by atoms with E-state index in [4.69, 9.17) is 16.3 Å². The summed E-state index contributed by atoms with van der Waals surface area (Å²) < 4.78 is 5.50. The molecule has 4 rings (SSSR count). The number of amides is 2. The van der Waals surface area contributed by atoms with Gasteiger partial charge in [-0.15, -0.1) is 0 Å². The van der Waals surface area contributed by atoms with E-state index in [-0.39, 0.29) is 17.9 Å². The summed E-state index contributed by atoms with van der Waals surface area (Å²) in [6.45, 7) is 4.86. The van der Waals surface area contributed by atoms with Crippen molar-refractivity contribution >= 4 is 23.4 Å². The van der Waals surface area contributed by atoms with Gasteiger partial charge in [-0.25, -0.2) is 0 Å². The molecule has 0 radical (unpaired) electrons. The van der Waals surface area contributed by atoms with Crippen molar-refractivity contribution < 1.29 is 14.3 Å². The molecule has 1 N–H and O–H groups in total. The SMILES string of the molecule is O=C(NCC(c1ccc(Cl)cc1)N1CCOCC1)c1cccc(CN2CCCC2=O)c1. The van der Waals surface area contributed by atoms with Crippen LogP contribution in [0.2, 0.25) is 5.02 Å². The lowest BCUT2D eigenvalue weighted by Crippen LogP contribution is -2.43.